The van der Waals surface area contributed by atoms with Gasteiger partial charge in [-0.2, -0.15) is 0 Å². The third kappa shape index (κ3) is 4.05. The van der Waals surface area contributed by atoms with Gasteiger partial charge in [-0.05, 0) is 0 Å². The van der Waals surface area contributed by atoms with Crippen LogP contribution in [0.2, 0.25) is 0 Å². The molecule has 1 atom stereocenters. The van der Waals surface area contributed by atoms with Crippen molar-refractivity contribution < 1.29 is 17.1 Å². The molecule has 1 saturated heterocycles. The van der Waals surface area contributed by atoms with Crippen molar-refractivity contribution in [2.24, 2.45) is 0 Å². The summed E-state index contributed by atoms with van der Waals surface area (Å²) in [6.07, 6.45) is 0. The second kappa shape index (κ2) is 7.75. The van der Waals surface area contributed by atoms with Crippen molar-refractivity contribution in [3.63, 3.8) is 0 Å². The summed E-state index contributed by atoms with van der Waals surface area (Å²) >= 11 is -1.45. The van der Waals surface area contributed by atoms with E-state index in [0.29, 0.717) is 19.8 Å². The molecule has 12 heavy (non-hydrogen) atoms. The van der Waals surface area contributed by atoms with Crippen LogP contribution in [0.25, 0.3) is 0 Å². The van der Waals surface area contributed by atoms with Crippen molar-refractivity contribution in [2.75, 3.05) is 34.0 Å². The SMILES string of the molecule is COCC[O][Al]1[O]C[CH]1OC.[NaH]. The average Bonchev–Trinajstić information content (AvgIpc) is 1.97. The van der Waals surface area contributed by atoms with Gasteiger partial charge in [-0.15, -0.1) is 0 Å². The van der Waals surface area contributed by atoms with E-state index < -0.39 is 14.8 Å². The summed E-state index contributed by atoms with van der Waals surface area (Å²) < 4.78 is 20.5. The zero-order valence-corrected chi connectivity index (χ0v) is 8.06. The van der Waals surface area contributed by atoms with Crippen molar-refractivity contribution in [3.05, 3.63) is 0 Å². The summed E-state index contributed by atoms with van der Waals surface area (Å²) in [6.45, 7) is 1.94. The normalized spacial score (nSPS) is 21.5. The van der Waals surface area contributed by atoms with Crippen LogP contribution in [0.4, 0.5) is 0 Å². The van der Waals surface area contributed by atoms with Gasteiger partial charge < -0.3 is 17.1 Å². The third-order valence-electron chi connectivity index (χ3n) is 1.60. The van der Waals surface area contributed by atoms with E-state index in [9.17, 15) is 0 Å². The fourth-order valence-electron chi connectivity index (χ4n) is 0.836. The van der Waals surface area contributed by atoms with Crippen LogP contribution >= 0.6 is 0 Å². The van der Waals surface area contributed by atoms with Crippen LogP contribution in [0.15, 0.2) is 0 Å². The number of hydrogen-bond donors (Lipinski definition) is 0. The molecule has 0 aliphatic carbocycles. The predicted molar refractivity (Wildman–Crippen MR) is 47.5 cm³/mol. The van der Waals surface area contributed by atoms with Crippen molar-refractivity contribution in [3.8, 4) is 0 Å². The fraction of sp³-hybridized carbons (Fsp3) is 1.00. The first kappa shape index (κ1) is 13.4. The number of ether oxygens (including phenoxy) is 2. The first-order valence-corrected chi connectivity index (χ1v) is 5.24. The van der Waals surface area contributed by atoms with Gasteiger partial charge in [0.15, 0.2) is 0 Å². The number of methoxy groups -OCH3 is 2. The van der Waals surface area contributed by atoms with E-state index in [1.807, 2.05) is 0 Å². The second-order valence-electron chi connectivity index (χ2n) is 2.34. The number of hydrogen-bond acceptors (Lipinski definition) is 4. The molecule has 1 aliphatic rings. The van der Waals surface area contributed by atoms with Gasteiger partial charge in [-0.25, -0.2) is 0 Å². The molecule has 0 radical (unpaired) electrons. The molecule has 0 aromatic heterocycles. The first-order valence-electron chi connectivity index (χ1n) is 3.63. The molecule has 0 saturated carbocycles. The Bertz CT molecular complexity index is 114. The van der Waals surface area contributed by atoms with E-state index >= 15 is 0 Å². The van der Waals surface area contributed by atoms with Crippen LogP contribution in [0, 0.1) is 0 Å². The molecule has 0 N–H and O–H groups in total. The van der Waals surface area contributed by atoms with E-state index in [-0.39, 0.29) is 34.5 Å². The Balaban J connectivity index is 0.00000121. The molecule has 0 bridgehead atoms. The van der Waals surface area contributed by atoms with E-state index in [1.54, 1.807) is 14.2 Å². The number of rotatable bonds is 5. The van der Waals surface area contributed by atoms with Crippen LogP contribution in [0.3, 0.4) is 0 Å². The summed E-state index contributed by atoms with van der Waals surface area (Å²) in [7, 11) is 3.34. The van der Waals surface area contributed by atoms with E-state index in [2.05, 4.69) is 0 Å². The molecule has 0 amide bonds. The topological polar surface area (TPSA) is 36.9 Å². The van der Waals surface area contributed by atoms with Gasteiger partial charge in [0.1, 0.15) is 0 Å². The van der Waals surface area contributed by atoms with Crippen LogP contribution in [-0.2, 0) is 17.1 Å². The van der Waals surface area contributed by atoms with Crippen LogP contribution < -0.4 is 0 Å². The molecule has 4 nitrogen and oxygen atoms in total. The summed E-state index contributed by atoms with van der Waals surface area (Å²) in [5.41, 5.74) is 0. The zero-order chi connectivity index (χ0) is 8.10. The molecule has 1 fully saturated rings. The van der Waals surface area contributed by atoms with E-state index in [1.165, 1.54) is 0 Å². The maximum absolute atomic E-state index is 5.39. The molecule has 1 aliphatic heterocycles. The minimum atomic E-state index is -1.45. The second-order valence-corrected chi connectivity index (χ2v) is 4.49. The van der Waals surface area contributed by atoms with Crippen LogP contribution in [-0.4, -0.2) is 83.4 Å². The quantitative estimate of drug-likeness (QED) is 0.424. The molecule has 0 aromatic carbocycles. The molecular formula is C6H14AlNaO4. The summed E-state index contributed by atoms with van der Waals surface area (Å²) in [6, 6.07) is 0. The Morgan fingerprint density at radius 2 is 2.17 bits per heavy atom. The monoisotopic (exact) mass is 200 g/mol. The average molecular weight is 200 g/mol. The van der Waals surface area contributed by atoms with Crippen molar-refractivity contribution in [1.82, 2.24) is 0 Å². The Labute approximate surface area is 99.9 Å². The summed E-state index contributed by atoms with van der Waals surface area (Å²) in [5.74, 6) is 0. The molecule has 1 rings (SSSR count). The first-order chi connectivity index (χ1) is 5.38. The minimum absolute atomic E-state index is 0. The Hall–Kier alpha value is 1.37. The van der Waals surface area contributed by atoms with Crippen LogP contribution in [0.1, 0.15) is 0 Å². The Morgan fingerprint density at radius 1 is 1.42 bits per heavy atom. The van der Waals surface area contributed by atoms with Crippen molar-refractivity contribution in [1.29, 1.82) is 0 Å². The van der Waals surface area contributed by atoms with Crippen LogP contribution in [0.5, 0.6) is 0 Å². The van der Waals surface area contributed by atoms with E-state index in [0.717, 1.165) is 0 Å². The third-order valence-corrected chi connectivity index (χ3v) is 3.76. The van der Waals surface area contributed by atoms with Crippen molar-refractivity contribution >= 4 is 44.4 Å². The van der Waals surface area contributed by atoms with Gasteiger partial charge in [0.05, 0.1) is 11.6 Å². The summed E-state index contributed by atoms with van der Waals surface area (Å²) in [4.78, 5) is 0.242. The van der Waals surface area contributed by atoms with Gasteiger partial charge >= 0.3 is 44.4 Å². The molecule has 6 heteroatoms. The van der Waals surface area contributed by atoms with Crippen molar-refractivity contribution in [2.45, 2.75) is 4.97 Å². The van der Waals surface area contributed by atoms with E-state index in [4.69, 9.17) is 17.1 Å². The Kier molecular flexibility index (Phi) is 8.63. The maximum atomic E-state index is 5.39. The van der Waals surface area contributed by atoms with Gasteiger partial charge in [-0.1, -0.05) is 0 Å². The molecule has 0 aromatic rings. The molecule has 1 heterocycles. The van der Waals surface area contributed by atoms with Gasteiger partial charge in [0, 0.05) is 27.4 Å². The van der Waals surface area contributed by atoms with Gasteiger partial charge in [-0.3, -0.25) is 0 Å². The fourth-order valence-corrected chi connectivity index (χ4v) is 2.20. The molecule has 66 valence electrons. The molecule has 0 spiro atoms. The zero-order valence-electron chi connectivity index (χ0n) is 6.91. The molecular weight excluding hydrogens is 186 g/mol. The predicted octanol–water partition coefficient (Wildman–Crippen LogP) is -0.927. The molecule has 1 unspecified atom stereocenters. The van der Waals surface area contributed by atoms with Gasteiger partial charge in [0.2, 0.25) is 0 Å². The Morgan fingerprint density at radius 3 is 2.58 bits per heavy atom. The summed E-state index contributed by atoms with van der Waals surface area (Å²) in [5, 5.41) is 0. The standard InChI is InChI=1S/C3H7O2.C3H6O2.Al.Na.H/c2*1-5-3-2-4;;;/h2-3H2,1H3;3H,2H2,1H3;;;/q2*-1;+2;;. The van der Waals surface area contributed by atoms with Gasteiger partial charge in [0.25, 0.3) is 0 Å².